The second kappa shape index (κ2) is 12.9. The average molecular weight is 566 g/mol. The number of fused-ring (bicyclic) bond motifs is 1. The Balaban J connectivity index is 1.74. The molecule has 2 amide bonds. The van der Waals surface area contributed by atoms with Gasteiger partial charge in [-0.15, -0.1) is 0 Å². The van der Waals surface area contributed by atoms with Crippen molar-refractivity contribution in [2.45, 2.75) is 39.8 Å². The summed E-state index contributed by atoms with van der Waals surface area (Å²) in [5.41, 5.74) is 3.00. The fraction of sp³-hybridized carbons (Fsp3) is 0.333. The normalized spacial score (nSPS) is 13.0. The highest BCUT2D eigenvalue weighted by Gasteiger charge is 2.34. The zero-order valence-corrected chi connectivity index (χ0v) is 23.8. The molecule has 40 heavy (non-hydrogen) atoms. The molecular formula is C30H35N3O6S. The Labute approximate surface area is 235 Å². The van der Waals surface area contributed by atoms with Gasteiger partial charge in [-0.1, -0.05) is 54.6 Å². The highest BCUT2D eigenvalue weighted by Crippen LogP contribution is 2.36. The summed E-state index contributed by atoms with van der Waals surface area (Å²) in [5.74, 6) is -0.103. The molecule has 10 heteroatoms. The van der Waals surface area contributed by atoms with Crippen LogP contribution in [0.3, 0.4) is 0 Å². The van der Waals surface area contributed by atoms with E-state index < -0.39 is 28.5 Å². The first-order valence-corrected chi connectivity index (χ1v) is 14.9. The Kier molecular flexibility index (Phi) is 9.31. The SMILES string of the molecule is CCNC(=O)[C@@H](Cc1ccccc1)N(Cc1ccccc1C)C(=O)CN(c1ccc2c(c1)OCO2)S(=O)(=O)CC. The van der Waals surface area contributed by atoms with E-state index in [0.717, 1.165) is 21.0 Å². The molecule has 1 aliphatic heterocycles. The molecule has 3 aromatic rings. The highest BCUT2D eigenvalue weighted by atomic mass is 32.2. The van der Waals surface area contributed by atoms with Gasteiger partial charge in [0.05, 0.1) is 11.4 Å². The molecule has 1 aliphatic rings. The number of carbonyl (C=O) groups is 2. The topological polar surface area (TPSA) is 105 Å². The second-order valence-corrected chi connectivity index (χ2v) is 11.7. The number of hydrogen-bond acceptors (Lipinski definition) is 6. The number of anilines is 1. The number of aryl methyl sites for hydroxylation is 1. The molecule has 1 atom stereocenters. The van der Waals surface area contributed by atoms with Crippen LogP contribution in [0.2, 0.25) is 0 Å². The summed E-state index contributed by atoms with van der Waals surface area (Å²) in [4.78, 5) is 29.1. The predicted octanol–water partition coefficient (Wildman–Crippen LogP) is 3.66. The van der Waals surface area contributed by atoms with Crippen molar-refractivity contribution in [2.75, 3.05) is 29.9 Å². The Morgan fingerprint density at radius 3 is 2.35 bits per heavy atom. The van der Waals surface area contributed by atoms with Gasteiger partial charge in [0.1, 0.15) is 12.6 Å². The van der Waals surface area contributed by atoms with Crippen molar-refractivity contribution in [3.05, 3.63) is 89.5 Å². The van der Waals surface area contributed by atoms with Crippen LogP contribution < -0.4 is 19.1 Å². The number of amides is 2. The molecule has 0 spiro atoms. The molecule has 4 rings (SSSR count). The Morgan fingerprint density at radius 2 is 1.65 bits per heavy atom. The number of carbonyl (C=O) groups excluding carboxylic acids is 2. The van der Waals surface area contributed by atoms with Crippen LogP contribution in [0, 0.1) is 6.92 Å². The van der Waals surface area contributed by atoms with Crippen LogP contribution in [0.4, 0.5) is 5.69 Å². The minimum absolute atomic E-state index is 0.0379. The molecule has 0 saturated carbocycles. The van der Waals surface area contributed by atoms with Gasteiger partial charge in [0.2, 0.25) is 28.6 Å². The van der Waals surface area contributed by atoms with Crippen molar-refractivity contribution in [2.24, 2.45) is 0 Å². The average Bonchev–Trinajstić information content (AvgIpc) is 3.43. The number of nitrogens with zero attached hydrogens (tertiary/aromatic N) is 2. The van der Waals surface area contributed by atoms with Crippen LogP contribution in [0.25, 0.3) is 0 Å². The van der Waals surface area contributed by atoms with Crippen LogP contribution in [0.1, 0.15) is 30.5 Å². The lowest BCUT2D eigenvalue weighted by molar-refractivity contribution is -0.140. The first-order chi connectivity index (χ1) is 19.2. The number of hydrogen-bond donors (Lipinski definition) is 1. The first-order valence-electron chi connectivity index (χ1n) is 13.3. The van der Waals surface area contributed by atoms with Crippen molar-refractivity contribution < 1.29 is 27.5 Å². The summed E-state index contributed by atoms with van der Waals surface area (Å²) < 4.78 is 38.4. The van der Waals surface area contributed by atoms with Gasteiger partial charge in [0.15, 0.2) is 11.5 Å². The van der Waals surface area contributed by atoms with E-state index in [4.69, 9.17) is 9.47 Å². The lowest BCUT2D eigenvalue weighted by atomic mass is 10.0. The lowest BCUT2D eigenvalue weighted by Crippen LogP contribution is -2.53. The Bertz CT molecular complexity index is 1440. The number of sulfonamides is 1. The number of nitrogens with one attached hydrogen (secondary N) is 1. The van der Waals surface area contributed by atoms with Crippen LogP contribution >= 0.6 is 0 Å². The zero-order chi connectivity index (χ0) is 28.7. The molecule has 0 radical (unpaired) electrons. The number of likely N-dealkylation sites (N-methyl/N-ethyl adjacent to an activating group) is 1. The van der Waals surface area contributed by atoms with Gasteiger partial charge in [-0.25, -0.2) is 8.42 Å². The number of rotatable bonds is 12. The van der Waals surface area contributed by atoms with E-state index in [1.54, 1.807) is 18.2 Å². The van der Waals surface area contributed by atoms with Crippen molar-refractivity contribution in [1.29, 1.82) is 0 Å². The van der Waals surface area contributed by atoms with E-state index in [2.05, 4.69) is 5.32 Å². The fourth-order valence-electron chi connectivity index (χ4n) is 4.58. The molecule has 3 aromatic carbocycles. The zero-order valence-electron chi connectivity index (χ0n) is 23.0. The van der Waals surface area contributed by atoms with Crippen molar-refractivity contribution in [3.63, 3.8) is 0 Å². The summed E-state index contributed by atoms with van der Waals surface area (Å²) in [7, 11) is -3.87. The van der Waals surface area contributed by atoms with Crippen LogP contribution in [0.15, 0.2) is 72.8 Å². The quantitative estimate of drug-likeness (QED) is 0.360. The highest BCUT2D eigenvalue weighted by molar-refractivity contribution is 7.92. The third-order valence-corrected chi connectivity index (χ3v) is 8.59. The Hall–Kier alpha value is -4.05. The minimum atomic E-state index is -3.87. The van der Waals surface area contributed by atoms with Gasteiger partial charge in [0, 0.05) is 25.6 Å². The molecule has 1 heterocycles. The van der Waals surface area contributed by atoms with Gasteiger partial charge in [0.25, 0.3) is 0 Å². The number of ether oxygens (including phenoxy) is 2. The molecule has 0 saturated heterocycles. The van der Waals surface area contributed by atoms with Gasteiger partial charge in [-0.2, -0.15) is 0 Å². The molecule has 0 fully saturated rings. The van der Waals surface area contributed by atoms with Gasteiger partial charge in [-0.3, -0.25) is 13.9 Å². The van der Waals surface area contributed by atoms with Crippen molar-refractivity contribution in [1.82, 2.24) is 10.2 Å². The minimum Gasteiger partial charge on any atom is -0.454 e. The smallest absolute Gasteiger partial charge is 0.244 e. The summed E-state index contributed by atoms with van der Waals surface area (Å²) >= 11 is 0. The summed E-state index contributed by atoms with van der Waals surface area (Å²) in [5, 5.41) is 2.86. The molecule has 212 valence electrons. The number of benzene rings is 3. The molecular weight excluding hydrogens is 530 g/mol. The molecule has 1 N–H and O–H groups in total. The third-order valence-electron chi connectivity index (χ3n) is 6.85. The van der Waals surface area contributed by atoms with E-state index in [1.165, 1.54) is 11.8 Å². The maximum absolute atomic E-state index is 14.2. The molecule has 0 unspecified atom stereocenters. The third kappa shape index (κ3) is 6.74. The maximum Gasteiger partial charge on any atom is 0.244 e. The second-order valence-electron chi connectivity index (χ2n) is 9.49. The summed E-state index contributed by atoms with van der Waals surface area (Å²) in [6, 6.07) is 21.0. The van der Waals surface area contributed by atoms with E-state index >= 15 is 0 Å². The summed E-state index contributed by atoms with van der Waals surface area (Å²) in [6.07, 6.45) is 0.273. The van der Waals surface area contributed by atoms with Crippen molar-refractivity contribution in [3.8, 4) is 11.5 Å². The van der Waals surface area contributed by atoms with E-state index in [-0.39, 0.29) is 37.1 Å². The molecule has 0 aliphatic carbocycles. The van der Waals surface area contributed by atoms with Crippen LogP contribution in [-0.4, -0.2) is 56.8 Å². The summed E-state index contributed by atoms with van der Waals surface area (Å²) in [6.45, 7) is 5.38. The monoisotopic (exact) mass is 565 g/mol. The van der Waals surface area contributed by atoms with Gasteiger partial charge >= 0.3 is 0 Å². The Morgan fingerprint density at radius 1 is 0.950 bits per heavy atom. The van der Waals surface area contributed by atoms with E-state index in [1.807, 2.05) is 68.4 Å². The maximum atomic E-state index is 14.2. The van der Waals surface area contributed by atoms with E-state index in [0.29, 0.717) is 18.0 Å². The van der Waals surface area contributed by atoms with Crippen LogP contribution in [0.5, 0.6) is 11.5 Å². The van der Waals surface area contributed by atoms with Crippen molar-refractivity contribution >= 4 is 27.5 Å². The first kappa shape index (κ1) is 28.9. The van der Waals surface area contributed by atoms with E-state index in [9.17, 15) is 18.0 Å². The molecule has 9 nitrogen and oxygen atoms in total. The molecule has 0 aromatic heterocycles. The fourth-order valence-corrected chi connectivity index (χ4v) is 5.63. The van der Waals surface area contributed by atoms with Crippen LogP contribution in [-0.2, 0) is 32.6 Å². The predicted molar refractivity (Wildman–Crippen MR) is 154 cm³/mol. The standard InChI is InChI=1S/C30H35N3O6S/c1-4-31-30(35)26(17-23-12-7-6-8-13-23)32(19-24-14-10-9-11-22(24)3)29(34)20-33(40(36,37)5-2)25-15-16-27-28(18-25)39-21-38-27/h6-16,18,26H,4-5,17,19-21H2,1-3H3,(H,31,35)/t26-/m1/s1. The lowest BCUT2D eigenvalue weighted by Gasteiger charge is -2.34. The van der Waals surface area contributed by atoms with Gasteiger partial charge in [-0.05, 0) is 49.6 Å². The van der Waals surface area contributed by atoms with Gasteiger partial charge < -0.3 is 19.7 Å². The molecule has 0 bridgehead atoms. The largest absolute Gasteiger partial charge is 0.454 e.